The average Bonchev–Trinajstić information content (AvgIpc) is 2.83. The highest BCUT2D eigenvalue weighted by molar-refractivity contribution is 5.95. The molecule has 0 heterocycles. The van der Waals surface area contributed by atoms with Crippen molar-refractivity contribution >= 4 is 11.6 Å². The van der Waals surface area contributed by atoms with E-state index >= 15 is 0 Å². The fraction of sp³-hybridized carbons (Fsp3) is 0.321. The molecule has 0 bridgehead atoms. The van der Waals surface area contributed by atoms with Crippen LogP contribution in [0.4, 0.5) is 5.69 Å². The second-order valence-electron chi connectivity index (χ2n) is 8.03. The summed E-state index contributed by atoms with van der Waals surface area (Å²) in [5.74, 6) is 1.59. The van der Waals surface area contributed by atoms with Crippen LogP contribution >= 0.6 is 0 Å². The van der Waals surface area contributed by atoms with Gasteiger partial charge in [-0.15, -0.1) is 0 Å². The maximum atomic E-state index is 12.8. The lowest BCUT2D eigenvalue weighted by molar-refractivity contribution is -0.122. The molecule has 0 saturated heterocycles. The molecule has 3 aromatic carbocycles. The molecule has 0 aromatic heterocycles. The van der Waals surface area contributed by atoms with E-state index in [1.54, 1.807) is 6.92 Å². The van der Waals surface area contributed by atoms with Gasteiger partial charge < -0.3 is 14.8 Å². The van der Waals surface area contributed by atoms with Gasteiger partial charge in [0.05, 0.1) is 12.3 Å². The minimum Gasteiger partial charge on any atom is -0.491 e. The van der Waals surface area contributed by atoms with Crippen LogP contribution < -0.4 is 14.8 Å². The van der Waals surface area contributed by atoms with E-state index in [4.69, 9.17) is 9.47 Å². The summed E-state index contributed by atoms with van der Waals surface area (Å²) in [6.45, 7) is 6.66. The summed E-state index contributed by atoms with van der Waals surface area (Å²) in [4.78, 5) is 12.8. The van der Waals surface area contributed by atoms with Gasteiger partial charge in [-0.3, -0.25) is 4.79 Å². The van der Waals surface area contributed by atoms with Crippen LogP contribution in [0.5, 0.6) is 11.5 Å². The highest BCUT2D eigenvalue weighted by Crippen LogP contribution is 2.30. The molecule has 2 unspecified atom stereocenters. The van der Waals surface area contributed by atoms with Gasteiger partial charge in [0.1, 0.15) is 11.5 Å². The Morgan fingerprint density at radius 3 is 2.28 bits per heavy atom. The molecular formula is C28H33NO3. The Morgan fingerprint density at radius 2 is 1.53 bits per heavy atom. The van der Waals surface area contributed by atoms with Gasteiger partial charge >= 0.3 is 0 Å². The van der Waals surface area contributed by atoms with Crippen LogP contribution in [-0.2, 0) is 11.2 Å². The molecule has 4 nitrogen and oxygen atoms in total. The number of aryl methyl sites for hydroxylation is 1. The fourth-order valence-electron chi connectivity index (χ4n) is 3.49. The highest BCUT2D eigenvalue weighted by atomic mass is 16.5. The maximum absolute atomic E-state index is 12.8. The second-order valence-corrected chi connectivity index (χ2v) is 8.03. The number of anilines is 1. The first-order valence-electron chi connectivity index (χ1n) is 11.4. The molecular weight excluding hydrogens is 398 g/mol. The van der Waals surface area contributed by atoms with E-state index in [1.807, 2.05) is 60.7 Å². The van der Waals surface area contributed by atoms with E-state index in [0.29, 0.717) is 24.0 Å². The summed E-state index contributed by atoms with van der Waals surface area (Å²) in [6.07, 6.45) is 2.23. The number of carbonyl (C=O) groups excluding carboxylic acids is 1. The lowest BCUT2D eigenvalue weighted by Crippen LogP contribution is -2.30. The van der Waals surface area contributed by atoms with Crippen molar-refractivity contribution in [2.24, 2.45) is 0 Å². The molecule has 0 spiro atoms. The summed E-state index contributed by atoms with van der Waals surface area (Å²) in [5.41, 5.74) is 3.07. The zero-order valence-corrected chi connectivity index (χ0v) is 19.2. The molecule has 0 aliphatic carbocycles. The third-order valence-electron chi connectivity index (χ3n) is 5.59. The third kappa shape index (κ3) is 6.61. The van der Waals surface area contributed by atoms with Gasteiger partial charge in [-0.2, -0.15) is 0 Å². The molecule has 1 N–H and O–H groups in total. The van der Waals surface area contributed by atoms with Crippen molar-refractivity contribution in [1.82, 2.24) is 0 Å². The van der Waals surface area contributed by atoms with E-state index in [0.717, 1.165) is 30.6 Å². The van der Waals surface area contributed by atoms with Crippen LogP contribution in [0.1, 0.15) is 50.7 Å². The molecule has 32 heavy (non-hydrogen) atoms. The molecule has 0 fully saturated rings. The monoisotopic (exact) mass is 431 g/mol. The van der Waals surface area contributed by atoms with Gasteiger partial charge in [-0.25, -0.2) is 0 Å². The number of nitrogens with one attached hydrogen (secondary N) is 1. The van der Waals surface area contributed by atoms with E-state index < -0.39 is 6.10 Å². The van der Waals surface area contributed by atoms with Crippen molar-refractivity contribution in [3.05, 3.63) is 90.0 Å². The summed E-state index contributed by atoms with van der Waals surface area (Å²) in [7, 11) is 0. The first-order chi connectivity index (χ1) is 15.6. The Morgan fingerprint density at radius 1 is 0.875 bits per heavy atom. The predicted molar refractivity (Wildman–Crippen MR) is 131 cm³/mol. The van der Waals surface area contributed by atoms with Gasteiger partial charge in [0, 0.05) is 0 Å². The normalized spacial score (nSPS) is 12.6. The van der Waals surface area contributed by atoms with Crippen molar-refractivity contribution < 1.29 is 14.3 Å². The quantitative estimate of drug-likeness (QED) is 0.347. The molecule has 0 aliphatic rings. The Hall–Kier alpha value is -3.27. The molecule has 1 amide bonds. The van der Waals surface area contributed by atoms with Crippen LogP contribution in [-0.4, -0.2) is 18.6 Å². The molecule has 3 rings (SSSR count). The Balaban J connectivity index is 1.57. The Kier molecular flexibility index (Phi) is 8.73. The molecule has 0 radical (unpaired) electrons. The van der Waals surface area contributed by atoms with Crippen LogP contribution in [0.3, 0.4) is 0 Å². The average molecular weight is 432 g/mol. The minimum atomic E-state index is -0.633. The smallest absolute Gasteiger partial charge is 0.265 e. The standard InChI is InChI=1S/C28H33NO3/c1-4-21(2)24-16-8-10-18-26(24)32-22(3)28(30)29-25-17-9-11-19-27(25)31-20-12-15-23-13-6-5-7-14-23/h5-11,13-14,16-19,21-22H,4,12,15,20H2,1-3H3,(H,29,30). The lowest BCUT2D eigenvalue weighted by atomic mass is 9.98. The Labute approximate surface area is 191 Å². The predicted octanol–water partition coefficient (Wildman–Crippen LogP) is 6.62. The van der Waals surface area contributed by atoms with Gasteiger partial charge in [-0.05, 0) is 61.4 Å². The van der Waals surface area contributed by atoms with Gasteiger partial charge in [0.15, 0.2) is 6.10 Å². The Bertz CT molecular complexity index is 987. The van der Waals surface area contributed by atoms with Crippen LogP contribution in [0.2, 0.25) is 0 Å². The summed E-state index contributed by atoms with van der Waals surface area (Å²) >= 11 is 0. The number of benzene rings is 3. The zero-order valence-electron chi connectivity index (χ0n) is 19.2. The number of hydrogen-bond donors (Lipinski definition) is 1. The number of ether oxygens (including phenoxy) is 2. The van der Waals surface area contributed by atoms with E-state index in [9.17, 15) is 4.79 Å². The number of para-hydroxylation sites is 3. The lowest BCUT2D eigenvalue weighted by Gasteiger charge is -2.20. The first-order valence-corrected chi connectivity index (χ1v) is 11.4. The van der Waals surface area contributed by atoms with Gasteiger partial charge in [-0.1, -0.05) is 74.5 Å². The van der Waals surface area contributed by atoms with Crippen LogP contribution in [0.25, 0.3) is 0 Å². The van der Waals surface area contributed by atoms with Crippen molar-refractivity contribution in [1.29, 1.82) is 0 Å². The molecule has 3 aromatic rings. The van der Waals surface area contributed by atoms with Crippen molar-refractivity contribution in [3.63, 3.8) is 0 Å². The third-order valence-corrected chi connectivity index (χ3v) is 5.59. The second kappa shape index (κ2) is 11.9. The van der Waals surface area contributed by atoms with E-state index in [1.165, 1.54) is 5.56 Å². The minimum absolute atomic E-state index is 0.204. The topological polar surface area (TPSA) is 47.6 Å². The molecule has 0 aliphatic heterocycles. The maximum Gasteiger partial charge on any atom is 0.265 e. The SMILES string of the molecule is CCC(C)c1ccccc1OC(C)C(=O)Nc1ccccc1OCCCc1ccccc1. The van der Waals surface area contributed by atoms with Gasteiger partial charge in [0.2, 0.25) is 0 Å². The summed E-state index contributed by atoms with van der Waals surface area (Å²) in [6, 6.07) is 25.8. The fourth-order valence-corrected chi connectivity index (χ4v) is 3.49. The highest BCUT2D eigenvalue weighted by Gasteiger charge is 2.19. The molecule has 2 atom stereocenters. The molecule has 4 heteroatoms. The number of rotatable bonds is 11. The van der Waals surface area contributed by atoms with Gasteiger partial charge in [0.25, 0.3) is 5.91 Å². The zero-order chi connectivity index (χ0) is 22.8. The number of hydrogen-bond acceptors (Lipinski definition) is 3. The van der Waals surface area contributed by atoms with Crippen molar-refractivity contribution in [2.75, 3.05) is 11.9 Å². The van der Waals surface area contributed by atoms with E-state index in [2.05, 4.69) is 37.4 Å². The van der Waals surface area contributed by atoms with Crippen molar-refractivity contribution in [3.8, 4) is 11.5 Å². The van der Waals surface area contributed by atoms with Crippen LogP contribution in [0.15, 0.2) is 78.9 Å². The number of carbonyl (C=O) groups is 1. The largest absolute Gasteiger partial charge is 0.491 e. The van der Waals surface area contributed by atoms with E-state index in [-0.39, 0.29) is 5.91 Å². The van der Waals surface area contributed by atoms with Crippen molar-refractivity contribution in [2.45, 2.75) is 52.1 Å². The molecule has 168 valence electrons. The number of amides is 1. The van der Waals surface area contributed by atoms with Crippen LogP contribution in [0, 0.1) is 0 Å². The molecule has 0 saturated carbocycles. The summed E-state index contributed by atoms with van der Waals surface area (Å²) < 4.78 is 12.0. The summed E-state index contributed by atoms with van der Waals surface area (Å²) in [5, 5.41) is 2.96. The first kappa shape index (κ1) is 23.4.